The minimum Gasteiger partial charge on any atom is -0.378 e. The molecule has 0 unspecified atom stereocenters. The van der Waals surface area contributed by atoms with Gasteiger partial charge in [0, 0.05) is 19.8 Å². The first-order chi connectivity index (χ1) is 7.58. The SMILES string of the molecule is Cc1cc(N(C)C)ccc1C=C(C#N)C#N. The van der Waals surface area contributed by atoms with Crippen molar-refractivity contribution in [1.29, 1.82) is 10.5 Å². The van der Waals surface area contributed by atoms with Crippen LogP contribution in [0.2, 0.25) is 0 Å². The molecule has 0 bridgehead atoms. The minimum atomic E-state index is 0.126. The molecule has 1 rings (SSSR count). The minimum absolute atomic E-state index is 0.126. The highest BCUT2D eigenvalue weighted by molar-refractivity contribution is 5.66. The lowest BCUT2D eigenvalue weighted by atomic mass is 10.1. The summed E-state index contributed by atoms with van der Waals surface area (Å²) in [5, 5.41) is 17.3. The number of hydrogen-bond donors (Lipinski definition) is 0. The molecule has 0 aliphatic rings. The molecule has 0 amide bonds. The topological polar surface area (TPSA) is 50.8 Å². The molecule has 80 valence electrons. The van der Waals surface area contributed by atoms with Gasteiger partial charge in [-0.2, -0.15) is 10.5 Å². The summed E-state index contributed by atoms with van der Waals surface area (Å²) in [4.78, 5) is 2.01. The Morgan fingerprint density at radius 1 is 1.25 bits per heavy atom. The van der Waals surface area contributed by atoms with Crippen molar-refractivity contribution in [2.24, 2.45) is 0 Å². The maximum absolute atomic E-state index is 8.67. The van der Waals surface area contributed by atoms with E-state index in [1.54, 1.807) is 6.08 Å². The van der Waals surface area contributed by atoms with E-state index in [-0.39, 0.29) is 5.57 Å². The molecule has 0 aromatic heterocycles. The Hall–Kier alpha value is -2.26. The van der Waals surface area contributed by atoms with Crippen LogP contribution in [0.1, 0.15) is 11.1 Å². The third kappa shape index (κ3) is 2.62. The molecule has 16 heavy (non-hydrogen) atoms. The van der Waals surface area contributed by atoms with Gasteiger partial charge in [-0.1, -0.05) is 6.07 Å². The van der Waals surface area contributed by atoms with Crippen LogP contribution in [0.25, 0.3) is 6.08 Å². The van der Waals surface area contributed by atoms with E-state index in [1.807, 2.05) is 56.3 Å². The van der Waals surface area contributed by atoms with Crippen LogP contribution in [0.4, 0.5) is 5.69 Å². The van der Waals surface area contributed by atoms with Gasteiger partial charge in [0.2, 0.25) is 0 Å². The second-order valence-electron chi connectivity index (χ2n) is 3.72. The van der Waals surface area contributed by atoms with Crippen molar-refractivity contribution in [2.45, 2.75) is 6.92 Å². The summed E-state index contributed by atoms with van der Waals surface area (Å²) in [5.41, 5.74) is 3.18. The number of aryl methyl sites for hydroxylation is 1. The lowest BCUT2D eigenvalue weighted by Gasteiger charge is -2.13. The molecule has 3 nitrogen and oxygen atoms in total. The number of benzene rings is 1. The summed E-state index contributed by atoms with van der Waals surface area (Å²) in [6.07, 6.45) is 1.61. The fourth-order valence-corrected chi connectivity index (χ4v) is 1.35. The molecule has 0 spiro atoms. The summed E-state index contributed by atoms with van der Waals surface area (Å²) in [6, 6.07) is 9.61. The third-order valence-electron chi connectivity index (χ3n) is 2.31. The normalized spacial score (nSPS) is 8.81. The van der Waals surface area contributed by atoms with Crippen LogP contribution in [0.5, 0.6) is 0 Å². The van der Waals surface area contributed by atoms with E-state index in [9.17, 15) is 0 Å². The molecular formula is C13H13N3. The fraction of sp³-hybridized carbons (Fsp3) is 0.231. The molecule has 0 N–H and O–H groups in total. The van der Waals surface area contributed by atoms with Crippen LogP contribution in [0.15, 0.2) is 23.8 Å². The van der Waals surface area contributed by atoms with Crippen LogP contribution >= 0.6 is 0 Å². The Balaban J connectivity index is 3.16. The Morgan fingerprint density at radius 2 is 1.88 bits per heavy atom. The number of anilines is 1. The molecule has 0 saturated heterocycles. The van der Waals surface area contributed by atoms with E-state index in [2.05, 4.69) is 0 Å². The molecule has 0 saturated carbocycles. The predicted octanol–water partition coefficient (Wildman–Crippen LogP) is 2.49. The summed E-state index contributed by atoms with van der Waals surface area (Å²) in [5.74, 6) is 0. The molecule has 0 aliphatic heterocycles. The van der Waals surface area contributed by atoms with E-state index < -0.39 is 0 Å². The highest BCUT2D eigenvalue weighted by atomic mass is 15.1. The molecule has 0 radical (unpaired) electrons. The van der Waals surface area contributed by atoms with Crippen molar-refractivity contribution in [3.05, 3.63) is 34.9 Å². The lowest BCUT2D eigenvalue weighted by molar-refractivity contribution is 1.13. The maximum atomic E-state index is 8.67. The number of allylic oxidation sites excluding steroid dienone is 1. The first-order valence-corrected chi connectivity index (χ1v) is 4.88. The maximum Gasteiger partial charge on any atom is 0.130 e. The fourth-order valence-electron chi connectivity index (χ4n) is 1.35. The Bertz CT molecular complexity index is 483. The zero-order chi connectivity index (χ0) is 12.1. The Kier molecular flexibility index (Phi) is 3.69. The van der Waals surface area contributed by atoms with Crippen molar-refractivity contribution in [3.8, 4) is 12.1 Å². The zero-order valence-electron chi connectivity index (χ0n) is 9.65. The average molecular weight is 211 g/mol. The van der Waals surface area contributed by atoms with Gasteiger partial charge in [-0.25, -0.2) is 0 Å². The van der Waals surface area contributed by atoms with E-state index in [0.29, 0.717) is 0 Å². The van der Waals surface area contributed by atoms with Crippen LogP contribution < -0.4 is 4.90 Å². The van der Waals surface area contributed by atoms with Gasteiger partial charge in [0.15, 0.2) is 0 Å². The van der Waals surface area contributed by atoms with Crippen molar-refractivity contribution in [1.82, 2.24) is 0 Å². The Labute approximate surface area is 95.8 Å². The largest absolute Gasteiger partial charge is 0.378 e. The summed E-state index contributed by atoms with van der Waals surface area (Å²) < 4.78 is 0. The van der Waals surface area contributed by atoms with Gasteiger partial charge in [0.05, 0.1) is 0 Å². The first kappa shape index (κ1) is 11.8. The third-order valence-corrected chi connectivity index (χ3v) is 2.31. The molecule has 0 heterocycles. The van der Waals surface area contributed by atoms with Gasteiger partial charge in [-0.3, -0.25) is 0 Å². The number of nitriles is 2. The number of hydrogen-bond acceptors (Lipinski definition) is 3. The first-order valence-electron chi connectivity index (χ1n) is 4.88. The second-order valence-corrected chi connectivity index (χ2v) is 3.72. The molecule has 1 aromatic rings. The van der Waals surface area contributed by atoms with Crippen LogP contribution in [-0.4, -0.2) is 14.1 Å². The van der Waals surface area contributed by atoms with Crippen LogP contribution in [0.3, 0.4) is 0 Å². The smallest absolute Gasteiger partial charge is 0.130 e. The average Bonchev–Trinajstić information content (AvgIpc) is 2.27. The number of rotatable bonds is 2. The van der Waals surface area contributed by atoms with Crippen molar-refractivity contribution in [3.63, 3.8) is 0 Å². The predicted molar refractivity (Wildman–Crippen MR) is 64.7 cm³/mol. The van der Waals surface area contributed by atoms with Gasteiger partial charge in [-0.05, 0) is 36.3 Å². The lowest BCUT2D eigenvalue weighted by Crippen LogP contribution is -2.08. The van der Waals surface area contributed by atoms with E-state index in [1.165, 1.54) is 0 Å². The van der Waals surface area contributed by atoms with Gasteiger partial charge in [-0.15, -0.1) is 0 Å². The second kappa shape index (κ2) is 5.00. The number of nitrogens with zero attached hydrogens (tertiary/aromatic N) is 3. The quantitative estimate of drug-likeness (QED) is 0.706. The summed E-state index contributed by atoms with van der Waals surface area (Å²) in [6.45, 7) is 1.96. The van der Waals surface area contributed by atoms with Gasteiger partial charge >= 0.3 is 0 Å². The molecule has 0 atom stereocenters. The van der Waals surface area contributed by atoms with Crippen LogP contribution in [0, 0.1) is 29.6 Å². The van der Waals surface area contributed by atoms with E-state index in [4.69, 9.17) is 10.5 Å². The molecule has 0 aliphatic carbocycles. The van der Waals surface area contributed by atoms with E-state index >= 15 is 0 Å². The van der Waals surface area contributed by atoms with Crippen LogP contribution in [-0.2, 0) is 0 Å². The standard InChI is InChI=1S/C13H13N3/c1-10-6-13(16(2)3)5-4-12(10)7-11(8-14)9-15/h4-7H,1-3H3. The van der Waals surface area contributed by atoms with Crippen molar-refractivity contribution in [2.75, 3.05) is 19.0 Å². The monoisotopic (exact) mass is 211 g/mol. The molecule has 1 aromatic carbocycles. The highest BCUT2D eigenvalue weighted by Crippen LogP contribution is 2.19. The summed E-state index contributed by atoms with van der Waals surface area (Å²) in [7, 11) is 3.94. The van der Waals surface area contributed by atoms with Crippen molar-refractivity contribution < 1.29 is 0 Å². The highest BCUT2D eigenvalue weighted by Gasteiger charge is 2.01. The van der Waals surface area contributed by atoms with Gasteiger partial charge < -0.3 is 4.90 Å². The molecular weight excluding hydrogens is 198 g/mol. The van der Waals surface area contributed by atoms with Gasteiger partial charge in [0.1, 0.15) is 17.7 Å². The van der Waals surface area contributed by atoms with E-state index in [0.717, 1.165) is 16.8 Å². The molecule has 3 heteroatoms. The molecule has 0 fully saturated rings. The Morgan fingerprint density at radius 3 is 2.31 bits per heavy atom. The van der Waals surface area contributed by atoms with Crippen molar-refractivity contribution >= 4 is 11.8 Å². The summed E-state index contributed by atoms with van der Waals surface area (Å²) >= 11 is 0. The zero-order valence-corrected chi connectivity index (χ0v) is 9.65. The van der Waals surface area contributed by atoms with Gasteiger partial charge in [0.25, 0.3) is 0 Å².